The van der Waals surface area contributed by atoms with Crippen molar-refractivity contribution in [3.05, 3.63) is 41.6 Å². The molecule has 0 amide bonds. The lowest BCUT2D eigenvalue weighted by Gasteiger charge is -2.11. The zero-order valence-corrected chi connectivity index (χ0v) is 12.9. The van der Waals surface area contributed by atoms with Gasteiger partial charge in [0, 0.05) is 29.4 Å². The van der Waals surface area contributed by atoms with Crippen molar-refractivity contribution < 1.29 is 0 Å². The van der Waals surface area contributed by atoms with E-state index in [1.807, 2.05) is 48.9 Å². The lowest BCUT2D eigenvalue weighted by Crippen LogP contribution is -2.10. The lowest BCUT2D eigenvalue weighted by molar-refractivity contribution is 0.904. The molecular weight excluding hydrogens is 282 g/mol. The second-order valence-corrected chi connectivity index (χ2v) is 5.40. The van der Waals surface area contributed by atoms with Gasteiger partial charge in [0.1, 0.15) is 13.7 Å². The van der Waals surface area contributed by atoms with Gasteiger partial charge in [-0.05, 0) is 17.9 Å². The van der Waals surface area contributed by atoms with Crippen LogP contribution in [0.1, 0.15) is 13.3 Å². The number of aromatic nitrogens is 3. The minimum absolute atomic E-state index is 0.702. The Kier molecular flexibility index (Phi) is 3.84. The molecule has 4 nitrogen and oxygen atoms in total. The summed E-state index contributed by atoms with van der Waals surface area (Å²) in [6.45, 7) is 3.02. The number of nitrogens with one attached hydrogen (secondary N) is 1. The molecule has 6 heteroatoms. The molecule has 0 saturated carbocycles. The van der Waals surface area contributed by atoms with Crippen LogP contribution in [0.2, 0.25) is 5.02 Å². The predicted octanol–water partition coefficient (Wildman–Crippen LogP) is 2.13. The molecular formula is C15H16BClN4. The quantitative estimate of drug-likeness (QED) is 0.750. The molecule has 0 spiro atoms. The van der Waals surface area contributed by atoms with Crippen molar-refractivity contribution >= 4 is 36.4 Å². The van der Waals surface area contributed by atoms with Crippen LogP contribution < -0.4 is 10.8 Å². The first kappa shape index (κ1) is 14.0. The van der Waals surface area contributed by atoms with Crippen molar-refractivity contribution in [2.75, 3.05) is 11.9 Å². The molecule has 1 N–H and O–H groups in total. The van der Waals surface area contributed by atoms with Crippen molar-refractivity contribution in [1.82, 2.24) is 14.6 Å². The van der Waals surface area contributed by atoms with Gasteiger partial charge in [-0.15, -0.1) is 0 Å². The van der Waals surface area contributed by atoms with E-state index in [0.717, 1.165) is 41.2 Å². The fourth-order valence-electron chi connectivity index (χ4n) is 2.26. The zero-order valence-electron chi connectivity index (χ0n) is 12.1. The van der Waals surface area contributed by atoms with E-state index in [2.05, 4.69) is 17.3 Å². The summed E-state index contributed by atoms with van der Waals surface area (Å²) < 4.78 is 1.84. The summed E-state index contributed by atoms with van der Waals surface area (Å²) in [5.41, 5.74) is 3.69. The van der Waals surface area contributed by atoms with Gasteiger partial charge in [0.05, 0.1) is 5.69 Å². The summed E-state index contributed by atoms with van der Waals surface area (Å²) in [5, 5.41) is 8.49. The third-order valence-electron chi connectivity index (χ3n) is 3.35. The van der Waals surface area contributed by atoms with Crippen LogP contribution in [0.3, 0.4) is 0 Å². The Bertz CT molecular complexity index is 784. The molecule has 3 rings (SSSR count). The largest absolute Gasteiger partial charge is 0.370 e. The van der Waals surface area contributed by atoms with E-state index < -0.39 is 0 Å². The van der Waals surface area contributed by atoms with Gasteiger partial charge in [-0.25, -0.2) is 4.98 Å². The Hall–Kier alpha value is -2.01. The highest BCUT2D eigenvalue weighted by Gasteiger charge is 2.11. The van der Waals surface area contributed by atoms with Gasteiger partial charge in [0.15, 0.2) is 5.65 Å². The van der Waals surface area contributed by atoms with Crippen LogP contribution in [0, 0.1) is 0 Å². The average Bonchev–Trinajstić information content (AvgIpc) is 2.87. The number of benzene rings is 1. The van der Waals surface area contributed by atoms with Gasteiger partial charge in [0.25, 0.3) is 0 Å². The molecule has 0 radical (unpaired) electrons. The highest BCUT2D eigenvalue weighted by atomic mass is 35.5. The molecule has 2 aromatic heterocycles. The highest BCUT2D eigenvalue weighted by molar-refractivity contribution is 6.36. The number of rotatable bonds is 4. The zero-order chi connectivity index (χ0) is 14.8. The Labute approximate surface area is 129 Å². The highest BCUT2D eigenvalue weighted by Crippen LogP contribution is 2.28. The van der Waals surface area contributed by atoms with Crippen LogP contribution in [0.5, 0.6) is 0 Å². The number of halogens is 1. The van der Waals surface area contributed by atoms with E-state index >= 15 is 0 Å². The van der Waals surface area contributed by atoms with Crippen molar-refractivity contribution in [2.45, 2.75) is 13.3 Å². The fraction of sp³-hybridized carbons (Fsp3) is 0.200. The normalized spacial score (nSPS) is 11.0. The van der Waals surface area contributed by atoms with E-state index in [1.165, 1.54) is 0 Å². The van der Waals surface area contributed by atoms with Gasteiger partial charge < -0.3 is 5.32 Å². The third-order valence-corrected chi connectivity index (χ3v) is 3.68. The van der Waals surface area contributed by atoms with Crippen LogP contribution in [-0.2, 0) is 0 Å². The topological polar surface area (TPSA) is 42.2 Å². The van der Waals surface area contributed by atoms with Gasteiger partial charge in [-0.2, -0.15) is 9.61 Å². The van der Waals surface area contributed by atoms with E-state index in [9.17, 15) is 0 Å². The molecule has 0 fully saturated rings. The molecule has 21 heavy (non-hydrogen) atoms. The van der Waals surface area contributed by atoms with Crippen molar-refractivity contribution in [3.8, 4) is 11.3 Å². The molecule has 0 unspecified atom stereocenters. The minimum atomic E-state index is 0.702. The molecule has 0 aliphatic rings. The summed E-state index contributed by atoms with van der Waals surface area (Å²) >= 11 is 6.30. The first-order valence-electron chi connectivity index (χ1n) is 7.05. The molecule has 0 bridgehead atoms. The minimum Gasteiger partial charge on any atom is -0.370 e. The molecule has 2 heterocycles. The summed E-state index contributed by atoms with van der Waals surface area (Å²) in [6, 6.07) is 9.75. The number of nitrogens with zero attached hydrogens (tertiary/aromatic N) is 3. The standard InChI is InChI=1S/C15H16BClN4/c1-2-7-18-14-8-13(10-5-3-4-6-12(10)17)20-15-11(16)9-19-21(14)15/h3-6,8-9,18H,2,7,16H2,1H3. The second-order valence-electron chi connectivity index (χ2n) is 5.00. The van der Waals surface area contributed by atoms with Gasteiger partial charge in [0.2, 0.25) is 0 Å². The maximum atomic E-state index is 6.30. The van der Waals surface area contributed by atoms with Crippen LogP contribution in [-0.4, -0.2) is 29.0 Å². The fourth-order valence-corrected chi connectivity index (χ4v) is 2.49. The van der Waals surface area contributed by atoms with E-state index in [4.69, 9.17) is 16.6 Å². The van der Waals surface area contributed by atoms with Gasteiger partial charge >= 0.3 is 0 Å². The number of hydrogen-bond donors (Lipinski definition) is 1. The number of hydrogen-bond acceptors (Lipinski definition) is 3. The van der Waals surface area contributed by atoms with E-state index in [1.54, 1.807) is 0 Å². The predicted molar refractivity (Wildman–Crippen MR) is 90.4 cm³/mol. The Morgan fingerprint density at radius 3 is 2.90 bits per heavy atom. The smallest absolute Gasteiger partial charge is 0.151 e. The third kappa shape index (κ3) is 2.61. The molecule has 3 aromatic rings. The van der Waals surface area contributed by atoms with Gasteiger partial charge in [-0.1, -0.05) is 36.7 Å². The summed E-state index contributed by atoms with van der Waals surface area (Å²) in [6.07, 6.45) is 2.88. The van der Waals surface area contributed by atoms with Crippen LogP contribution >= 0.6 is 11.6 Å². The molecule has 0 aliphatic carbocycles. The number of anilines is 1. The first-order valence-corrected chi connectivity index (χ1v) is 7.42. The monoisotopic (exact) mass is 298 g/mol. The number of fused-ring (bicyclic) bond motifs is 1. The lowest BCUT2D eigenvalue weighted by atomic mass is 10.0. The second kappa shape index (κ2) is 5.78. The van der Waals surface area contributed by atoms with Crippen molar-refractivity contribution in [2.24, 2.45) is 0 Å². The first-order chi connectivity index (χ1) is 10.2. The van der Waals surface area contributed by atoms with E-state index in [0.29, 0.717) is 5.02 Å². The van der Waals surface area contributed by atoms with Gasteiger partial charge in [-0.3, -0.25) is 0 Å². The van der Waals surface area contributed by atoms with Crippen LogP contribution in [0.15, 0.2) is 36.5 Å². The summed E-state index contributed by atoms with van der Waals surface area (Å²) in [7, 11) is 2.01. The SMILES string of the molecule is Bc1cnn2c(NCCC)cc(-c3ccccc3Cl)nc12. The summed E-state index contributed by atoms with van der Waals surface area (Å²) in [4.78, 5) is 4.71. The Balaban J connectivity index is 2.19. The maximum Gasteiger partial charge on any atom is 0.151 e. The molecule has 106 valence electrons. The average molecular weight is 299 g/mol. The summed E-state index contributed by atoms with van der Waals surface area (Å²) in [5.74, 6) is 0.935. The molecule has 0 saturated heterocycles. The molecule has 0 atom stereocenters. The van der Waals surface area contributed by atoms with E-state index in [-0.39, 0.29) is 0 Å². The van der Waals surface area contributed by atoms with Crippen molar-refractivity contribution in [1.29, 1.82) is 0 Å². The van der Waals surface area contributed by atoms with Crippen molar-refractivity contribution in [3.63, 3.8) is 0 Å². The maximum absolute atomic E-state index is 6.30. The van der Waals surface area contributed by atoms with Crippen LogP contribution in [0.25, 0.3) is 16.9 Å². The molecule has 0 aliphatic heterocycles. The Morgan fingerprint density at radius 1 is 1.33 bits per heavy atom. The molecule has 1 aromatic carbocycles. The Morgan fingerprint density at radius 2 is 2.14 bits per heavy atom. The van der Waals surface area contributed by atoms with Crippen LogP contribution in [0.4, 0.5) is 5.82 Å².